The van der Waals surface area contributed by atoms with Crippen LogP contribution in [0.3, 0.4) is 0 Å². The fourth-order valence-corrected chi connectivity index (χ4v) is 4.54. The third kappa shape index (κ3) is 8.92. The molecule has 3 amide bonds. The van der Waals surface area contributed by atoms with E-state index in [0.717, 1.165) is 5.56 Å². The van der Waals surface area contributed by atoms with Gasteiger partial charge in [0.25, 0.3) is 0 Å². The standard InChI is InChI=1S/C26H37N9O4/c27-20(8-4-10-31-26(28)29)25(39)35-11-5-9-22(35)24(38)34-21(12-17-6-2-1-3-7-17)23(37)33-19(15-36)13-18-14-30-16-32-18/h1-3,6-7,14-16,19-22H,4-5,8-13,27H2,(H,30,32)(H,33,37)(H,34,38)(H4,28,29,31)/t19-,20-,21-,22-/m0/s1. The first-order valence-corrected chi connectivity index (χ1v) is 13.0. The lowest BCUT2D eigenvalue weighted by molar-refractivity contribution is -0.140. The molecule has 1 aromatic carbocycles. The number of aldehydes is 1. The summed E-state index contributed by atoms with van der Waals surface area (Å²) >= 11 is 0. The molecule has 1 aliphatic heterocycles. The predicted octanol–water partition coefficient (Wildman–Crippen LogP) is -1.26. The SMILES string of the molecule is NC(N)=NCCC[C@H](N)C(=O)N1CCC[C@H]1C(=O)N[C@@H](Cc1ccccc1)C(=O)N[C@H](C=O)Cc1cnc[nH]1. The molecule has 13 nitrogen and oxygen atoms in total. The Balaban J connectivity index is 1.67. The van der Waals surface area contributed by atoms with Crippen LogP contribution >= 0.6 is 0 Å². The fraction of sp³-hybridized carbons (Fsp3) is 0.462. The number of H-pyrrole nitrogens is 1. The summed E-state index contributed by atoms with van der Waals surface area (Å²) in [4.78, 5) is 63.6. The van der Waals surface area contributed by atoms with Crippen LogP contribution in [0.4, 0.5) is 0 Å². The van der Waals surface area contributed by atoms with E-state index in [1.54, 1.807) is 6.20 Å². The number of nitrogens with two attached hydrogens (primary N) is 3. The van der Waals surface area contributed by atoms with Crippen LogP contribution < -0.4 is 27.8 Å². The summed E-state index contributed by atoms with van der Waals surface area (Å²) in [5.74, 6) is -1.31. The molecule has 2 heterocycles. The number of likely N-dealkylation sites (tertiary alicyclic amines) is 1. The smallest absolute Gasteiger partial charge is 0.243 e. The number of aliphatic imine (C=N–C) groups is 1. The number of nitrogens with one attached hydrogen (secondary N) is 3. The predicted molar refractivity (Wildman–Crippen MR) is 145 cm³/mol. The van der Waals surface area contributed by atoms with Crippen molar-refractivity contribution in [3.8, 4) is 0 Å². The highest BCUT2D eigenvalue weighted by atomic mass is 16.2. The number of carbonyl (C=O) groups is 4. The maximum Gasteiger partial charge on any atom is 0.243 e. The van der Waals surface area contributed by atoms with Gasteiger partial charge in [-0.25, -0.2) is 4.98 Å². The summed E-state index contributed by atoms with van der Waals surface area (Å²) in [5, 5.41) is 5.53. The summed E-state index contributed by atoms with van der Waals surface area (Å²) in [6, 6.07) is 5.90. The van der Waals surface area contributed by atoms with Crippen molar-refractivity contribution in [2.45, 2.75) is 62.7 Å². The van der Waals surface area contributed by atoms with Gasteiger partial charge in [-0.15, -0.1) is 0 Å². The minimum Gasteiger partial charge on any atom is -0.370 e. The molecule has 2 aromatic rings. The molecule has 0 spiro atoms. The monoisotopic (exact) mass is 539 g/mol. The number of imidazole rings is 1. The summed E-state index contributed by atoms with van der Waals surface area (Å²) in [6.07, 6.45) is 6.11. The molecule has 4 atom stereocenters. The molecular formula is C26H37N9O4. The maximum atomic E-state index is 13.4. The number of hydrogen-bond donors (Lipinski definition) is 6. The van der Waals surface area contributed by atoms with Crippen LogP contribution in [0.5, 0.6) is 0 Å². The Bertz CT molecular complexity index is 1120. The van der Waals surface area contributed by atoms with Crippen LogP contribution in [-0.4, -0.2) is 82.1 Å². The zero-order chi connectivity index (χ0) is 28.2. The average molecular weight is 540 g/mol. The van der Waals surface area contributed by atoms with Gasteiger partial charge >= 0.3 is 0 Å². The molecule has 0 unspecified atom stereocenters. The van der Waals surface area contributed by atoms with E-state index in [4.69, 9.17) is 17.2 Å². The summed E-state index contributed by atoms with van der Waals surface area (Å²) in [5.41, 5.74) is 18.3. The minimum atomic E-state index is -0.963. The number of carbonyl (C=O) groups excluding carboxylic acids is 4. The van der Waals surface area contributed by atoms with Gasteiger partial charge in [0, 0.05) is 37.8 Å². The van der Waals surface area contributed by atoms with Crippen LogP contribution in [0.25, 0.3) is 0 Å². The second-order valence-corrected chi connectivity index (χ2v) is 9.53. The number of aromatic nitrogens is 2. The van der Waals surface area contributed by atoms with E-state index in [-0.39, 0.29) is 24.7 Å². The third-order valence-corrected chi connectivity index (χ3v) is 6.53. The topological polar surface area (TPSA) is 215 Å². The lowest BCUT2D eigenvalue weighted by Gasteiger charge is -2.28. The van der Waals surface area contributed by atoms with Crippen LogP contribution in [-0.2, 0) is 32.0 Å². The van der Waals surface area contributed by atoms with E-state index in [2.05, 4.69) is 25.6 Å². The van der Waals surface area contributed by atoms with E-state index >= 15 is 0 Å². The van der Waals surface area contributed by atoms with Crippen LogP contribution in [0.1, 0.15) is 36.9 Å². The van der Waals surface area contributed by atoms with Gasteiger partial charge in [0.1, 0.15) is 18.4 Å². The number of aromatic amines is 1. The molecule has 0 aliphatic carbocycles. The minimum absolute atomic E-state index is 0.0268. The molecule has 1 saturated heterocycles. The lowest BCUT2D eigenvalue weighted by atomic mass is 10.0. The van der Waals surface area contributed by atoms with Crippen molar-refractivity contribution in [3.63, 3.8) is 0 Å². The van der Waals surface area contributed by atoms with E-state index in [9.17, 15) is 19.2 Å². The van der Waals surface area contributed by atoms with Crippen molar-refractivity contribution < 1.29 is 19.2 Å². The van der Waals surface area contributed by atoms with Crippen molar-refractivity contribution in [2.75, 3.05) is 13.1 Å². The molecule has 210 valence electrons. The van der Waals surface area contributed by atoms with Crippen LogP contribution in [0.2, 0.25) is 0 Å². The van der Waals surface area contributed by atoms with Crippen molar-refractivity contribution in [1.29, 1.82) is 0 Å². The van der Waals surface area contributed by atoms with E-state index in [0.29, 0.717) is 50.8 Å². The molecule has 13 heteroatoms. The molecular weight excluding hydrogens is 502 g/mol. The lowest BCUT2D eigenvalue weighted by Crippen LogP contribution is -2.56. The highest BCUT2D eigenvalue weighted by molar-refractivity contribution is 5.94. The highest BCUT2D eigenvalue weighted by Crippen LogP contribution is 2.20. The first kappa shape index (κ1) is 29.3. The summed E-state index contributed by atoms with van der Waals surface area (Å²) in [6.45, 7) is 0.747. The second kappa shape index (κ2) is 14.6. The second-order valence-electron chi connectivity index (χ2n) is 9.53. The Morgan fingerprint density at radius 3 is 2.62 bits per heavy atom. The summed E-state index contributed by atoms with van der Waals surface area (Å²) in [7, 11) is 0. The Morgan fingerprint density at radius 2 is 1.95 bits per heavy atom. The maximum absolute atomic E-state index is 13.4. The highest BCUT2D eigenvalue weighted by Gasteiger charge is 2.37. The first-order valence-electron chi connectivity index (χ1n) is 13.0. The number of nitrogens with zero attached hydrogens (tertiary/aromatic N) is 3. The number of benzene rings is 1. The van der Waals surface area contributed by atoms with Gasteiger partial charge in [-0.1, -0.05) is 30.3 Å². The van der Waals surface area contributed by atoms with Gasteiger partial charge in [0.2, 0.25) is 17.7 Å². The van der Waals surface area contributed by atoms with Crippen molar-refractivity contribution in [2.24, 2.45) is 22.2 Å². The van der Waals surface area contributed by atoms with E-state index in [1.807, 2.05) is 30.3 Å². The van der Waals surface area contributed by atoms with Gasteiger partial charge in [-0.2, -0.15) is 0 Å². The van der Waals surface area contributed by atoms with Gasteiger partial charge in [-0.3, -0.25) is 19.4 Å². The Morgan fingerprint density at radius 1 is 1.18 bits per heavy atom. The van der Waals surface area contributed by atoms with Crippen molar-refractivity contribution in [1.82, 2.24) is 25.5 Å². The van der Waals surface area contributed by atoms with Crippen LogP contribution in [0, 0.1) is 0 Å². The molecule has 1 aliphatic rings. The zero-order valence-corrected chi connectivity index (χ0v) is 21.8. The molecule has 0 saturated carbocycles. The molecule has 1 fully saturated rings. The molecule has 39 heavy (non-hydrogen) atoms. The summed E-state index contributed by atoms with van der Waals surface area (Å²) < 4.78 is 0. The number of rotatable bonds is 14. The Labute approximate surface area is 227 Å². The molecule has 0 bridgehead atoms. The Kier molecular flexibility index (Phi) is 11.0. The number of amides is 3. The van der Waals surface area contributed by atoms with Gasteiger partial charge < -0.3 is 42.5 Å². The normalized spacial score (nSPS) is 17.1. The van der Waals surface area contributed by atoms with E-state index in [1.165, 1.54) is 11.2 Å². The molecule has 1 aromatic heterocycles. The number of hydrogen-bond acceptors (Lipinski definition) is 7. The quantitative estimate of drug-likeness (QED) is 0.0735. The number of guanidine groups is 1. The molecule has 0 radical (unpaired) electrons. The molecule has 9 N–H and O–H groups in total. The molecule has 3 rings (SSSR count). The van der Waals surface area contributed by atoms with E-state index < -0.39 is 36.0 Å². The Hall–Kier alpha value is -4.26. The van der Waals surface area contributed by atoms with Crippen LogP contribution in [0.15, 0.2) is 47.8 Å². The largest absolute Gasteiger partial charge is 0.370 e. The van der Waals surface area contributed by atoms with Crippen molar-refractivity contribution in [3.05, 3.63) is 54.1 Å². The first-order chi connectivity index (χ1) is 18.8. The van der Waals surface area contributed by atoms with Crippen molar-refractivity contribution >= 4 is 30.0 Å². The average Bonchev–Trinajstić information content (AvgIpc) is 3.62. The van der Waals surface area contributed by atoms with Gasteiger partial charge in [0.15, 0.2) is 5.96 Å². The van der Waals surface area contributed by atoms with Gasteiger partial charge in [0.05, 0.1) is 18.4 Å². The fourth-order valence-electron chi connectivity index (χ4n) is 4.54. The van der Waals surface area contributed by atoms with Gasteiger partial charge in [-0.05, 0) is 31.2 Å². The zero-order valence-electron chi connectivity index (χ0n) is 21.8. The third-order valence-electron chi connectivity index (χ3n) is 6.53.